The van der Waals surface area contributed by atoms with E-state index >= 15 is 0 Å². The molecule has 17 nitrogen and oxygen atoms in total. The second kappa shape index (κ2) is 29.5. The lowest BCUT2D eigenvalue weighted by molar-refractivity contribution is -0.272. The van der Waals surface area contributed by atoms with Gasteiger partial charge in [-0.2, -0.15) is 0 Å². The van der Waals surface area contributed by atoms with Crippen molar-refractivity contribution in [2.75, 3.05) is 26.3 Å². The maximum atomic E-state index is 13.6. The van der Waals surface area contributed by atoms with Crippen molar-refractivity contribution >= 4 is 58.3 Å². The second-order valence-electron chi connectivity index (χ2n) is 14.7. The molecule has 56 heavy (non-hydrogen) atoms. The van der Waals surface area contributed by atoms with Gasteiger partial charge in [0.25, 0.3) is 5.91 Å². The third-order valence-electron chi connectivity index (χ3n) is 9.83. The van der Waals surface area contributed by atoms with Crippen molar-refractivity contribution in [2.24, 2.45) is 11.8 Å². The van der Waals surface area contributed by atoms with Gasteiger partial charge in [0.1, 0.15) is 36.4 Å². The predicted molar refractivity (Wildman–Crippen MR) is 218 cm³/mol. The maximum absolute atomic E-state index is 13.6. The van der Waals surface area contributed by atoms with Crippen molar-refractivity contribution in [3.05, 3.63) is 0 Å². The van der Waals surface area contributed by atoms with Crippen LogP contribution < -0.4 is 30.1 Å². The normalized spacial score (nSPS) is 21.5. The molecule has 0 spiro atoms. The van der Waals surface area contributed by atoms with E-state index < -0.39 is 61.1 Å². The summed E-state index contributed by atoms with van der Waals surface area (Å²) < 4.78 is 14.2. The Bertz CT molecular complexity index is 1200. The molecular formula is C38H69IN6O11. The molecule has 1 saturated heterocycles. The molecule has 0 aromatic rings. The van der Waals surface area contributed by atoms with Crippen molar-refractivity contribution in [3.63, 3.8) is 0 Å². The van der Waals surface area contributed by atoms with Gasteiger partial charge in [0.2, 0.25) is 29.5 Å². The quantitative estimate of drug-likeness (QED) is 0.0295. The molecule has 0 saturated carbocycles. The highest BCUT2D eigenvalue weighted by atomic mass is 127. The topological polar surface area (TPSA) is 254 Å². The Kier molecular flexibility index (Phi) is 27.1. The van der Waals surface area contributed by atoms with Gasteiger partial charge in [-0.25, -0.2) is 0 Å². The number of hydrogen-bond acceptors (Lipinski definition) is 11. The summed E-state index contributed by atoms with van der Waals surface area (Å²) in [5.74, 6) is -1.58. The van der Waals surface area contributed by atoms with Gasteiger partial charge in [-0.15, -0.1) is 0 Å². The van der Waals surface area contributed by atoms with Crippen molar-refractivity contribution in [2.45, 2.75) is 167 Å². The summed E-state index contributed by atoms with van der Waals surface area (Å²) in [4.78, 5) is 74.9. The van der Waals surface area contributed by atoms with Gasteiger partial charge in [-0.1, -0.05) is 40.5 Å². The van der Waals surface area contributed by atoms with E-state index in [4.69, 9.17) is 9.47 Å². The largest absolute Gasteiger partial charge is 0.394 e. The van der Waals surface area contributed by atoms with Crippen LogP contribution in [0.25, 0.3) is 0 Å². The van der Waals surface area contributed by atoms with Crippen LogP contribution in [0, 0.1) is 11.8 Å². The first-order valence-electron chi connectivity index (χ1n) is 20.3. The molecule has 9 unspecified atom stereocenters. The van der Waals surface area contributed by atoms with Gasteiger partial charge >= 0.3 is 0 Å². The van der Waals surface area contributed by atoms with Crippen LogP contribution in [0.2, 0.25) is 0 Å². The average Bonchev–Trinajstić information content (AvgIpc) is 3.18. The highest BCUT2D eigenvalue weighted by Crippen LogP contribution is 2.25. The van der Waals surface area contributed by atoms with Gasteiger partial charge < -0.3 is 51.4 Å². The Morgan fingerprint density at radius 3 is 1.96 bits per heavy atom. The molecule has 324 valence electrons. The lowest BCUT2D eigenvalue weighted by Gasteiger charge is -2.42. The first kappa shape index (κ1) is 51.4. The van der Waals surface area contributed by atoms with Crippen LogP contribution in [0.15, 0.2) is 0 Å². The molecule has 1 heterocycles. The Morgan fingerprint density at radius 1 is 0.786 bits per heavy atom. The smallest absolute Gasteiger partial charge is 0.251 e. The molecule has 0 aromatic carbocycles. The first-order chi connectivity index (χ1) is 26.7. The second-order valence-corrected chi connectivity index (χ2v) is 15.2. The third-order valence-corrected chi connectivity index (χ3v) is 10.4. The zero-order valence-electron chi connectivity index (χ0n) is 33.9. The van der Waals surface area contributed by atoms with Crippen molar-refractivity contribution in [3.8, 4) is 0 Å². The molecule has 9 atom stereocenters. The number of aliphatic hydroxyl groups excluding tert-OH is 3. The maximum Gasteiger partial charge on any atom is 0.251 e. The van der Waals surface area contributed by atoms with Crippen LogP contribution in [0.5, 0.6) is 0 Å². The Morgan fingerprint density at radius 2 is 1.41 bits per heavy atom. The van der Waals surface area contributed by atoms with E-state index in [0.717, 1.165) is 19.3 Å². The number of ether oxygens (including phenoxy) is 2. The molecule has 1 aliphatic heterocycles. The molecule has 0 bridgehead atoms. The van der Waals surface area contributed by atoms with E-state index in [-0.39, 0.29) is 48.5 Å². The molecule has 1 aliphatic rings. The zero-order chi connectivity index (χ0) is 42.0. The molecule has 9 N–H and O–H groups in total. The van der Waals surface area contributed by atoms with E-state index in [1.54, 1.807) is 29.8 Å². The number of amides is 6. The fourth-order valence-corrected chi connectivity index (χ4v) is 6.80. The standard InChI is InChI=1S/C38H69IN6O11/c1-6-9-16-31(49)41-20-13-10-14-27(36(53)44-28(37(54)45-39)15-11-12-19-40-30(48)8-3)43-32(50)18-17-26(7-2)21-24(4)23-55-38-33(42-25(5)47)35(52)34(51)29(22-46)56-38/h24,26-29,33-35,38,46,51-52H,6-23H2,1-5H3,(H,40,48)(H,41,49)(H,42,47)(H,43,50)(H,44,53)(H,45,54). The Hall–Kier alpha value is -2.65. The summed E-state index contributed by atoms with van der Waals surface area (Å²) in [5, 5.41) is 44.3. The summed E-state index contributed by atoms with van der Waals surface area (Å²) in [6.45, 7) is 9.59. The fraction of sp³-hybridized carbons (Fsp3) is 0.842. The van der Waals surface area contributed by atoms with Gasteiger partial charge in [0.15, 0.2) is 6.29 Å². The zero-order valence-corrected chi connectivity index (χ0v) is 36.1. The van der Waals surface area contributed by atoms with Crippen LogP contribution in [0.3, 0.4) is 0 Å². The monoisotopic (exact) mass is 912 g/mol. The third kappa shape index (κ3) is 20.7. The number of unbranched alkanes of at least 4 members (excludes halogenated alkanes) is 3. The lowest BCUT2D eigenvalue weighted by atomic mass is 9.90. The first-order valence-corrected chi connectivity index (χ1v) is 21.3. The van der Waals surface area contributed by atoms with Crippen LogP contribution in [0.4, 0.5) is 0 Å². The molecule has 0 aromatic heterocycles. The van der Waals surface area contributed by atoms with Crippen molar-refractivity contribution in [1.29, 1.82) is 0 Å². The predicted octanol–water partition coefficient (Wildman–Crippen LogP) is 1.39. The van der Waals surface area contributed by atoms with Gasteiger partial charge in [-0.3, -0.25) is 32.3 Å². The molecule has 1 rings (SSSR count). The van der Waals surface area contributed by atoms with E-state index in [1.807, 2.05) is 20.8 Å². The molecule has 0 radical (unpaired) electrons. The molecular weight excluding hydrogens is 843 g/mol. The lowest BCUT2D eigenvalue weighted by Crippen LogP contribution is -2.64. The van der Waals surface area contributed by atoms with E-state index in [9.17, 15) is 44.1 Å². The number of halogens is 1. The van der Waals surface area contributed by atoms with Crippen molar-refractivity contribution < 1.29 is 53.6 Å². The number of aliphatic hydroxyl groups is 3. The number of carbonyl (C=O) groups excluding carboxylic acids is 6. The number of rotatable bonds is 29. The summed E-state index contributed by atoms with van der Waals surface area (Å²) in [6.07, 6.45) is 2.72. The van der Waals surface area contributed by atoms with Crippen LogP contribution in [0.1, 0.15) is 125 Å². The number of carbonyl (C=O) groups is 6. The molecule has 6 amide bonds. The minimum atomic E-state index is -1.41. The summed E-state index contributed by atoms with van der Waals surface area (Å²) >= 11 is 1.72. The highest BCUT2D eigenvalue weighted by Gasteiger charge is 2.45. The minimum absolute atomic E-state index is 0.0202. The minimum Gasteiger partial charge on any atom is -0.394 e. The number of hydrogen-bond donors (Lipinski definition) is 9. The summed E-state index contributed by atoms with van der Waals surface area (Å²) in [6, 6.07) is -2.77. The van der Waals surface area contributed by atoms with E-state index in [0.29, 0.717) is 77.3 Å². The SMILES string of the molecule is CCCCC(=O)NCCCCC(NC(=O)CCC(CC)CC(C)COC1OC(CO)C(O)C(O)C1NC(C)=O)C(=O)NC(CCCCNC(=O)CC)C(=O)NI. The van der Waals surface area contributed by atoms with Crippen LogP contribution >= 0.6 is 22.9 Å². The fourth-order valence-electron chi connectivity index (χ4n) is 6.43. The van der Waals surface area contributed by atoms with Crippen LogP contribution in [-0.4, -0.2) is 120 Å². The van der Waals surface area contributed by atoms with Crippen molar-refractivity contribution in [1.82, 2.24) is 30.1 Å². The molecule has 1 fully saturated rings. The van der Waals surface area contributed by atoms with Crippen LogP contribution in [-0.2, 0) is 38.2 Å². The van der Waals surface area contributed by atoms with Gasteiger partial charge in [0, 0.05) is 39.3 Å². The molecule has 0 aliphatic carbocycles. The Labute approximate surface area is 346 Å². The summed E-state index contributed by atoms with van der Waals surface area (Å²) in [7, 11) is 0. The Balaban J connectivity index is 2.85. The van der Waals surface area contributed by atoms with E-state index in [1.165, 1.54) is 6.92 Å². The average molecular weight is 913 g/mol. The highest BCUT2D eigenvalue weighted by molar-refractivity contribution is 14.1. The summed E-state index contributed by atoms with van der Waals surface area (Å²) in [5.41, 5.74) is 0. The molecule has 18 heteroatoms. The van der Waals surface area contributed by atoms with Gasteiger partial charge in [-0.05, 0) is 69.6 Å². The number of nitrogens with one attached hydrogen (secondary N) is 6. The van der Waals surface area contributed by atoms with Gasteiger partial charge in [0.05, 0.1) is 36.1 Å². The van der Waals surface area contributed by atoms with E-state index in [2.05, 4.69) is 30.1 Å².